The Kier molecular flexibility index (Phi) is 6.53. The van der Waals surface area contributed by atoms with Crippen molar-refractivity contribution in [2.45, 2.75) is 25.3 Å². The van der Waals surface area contributed by atoms with E-state index in [0.29, 0.717) is 18.1 Å². The minimum absolute atomic E-state index is 0.193. The molecular weight excluding hydrogens is 288 g/mol. The van der Waals surface area contributed by atoms with Gasteiger partial charge in [-0.2, -0.15) is 11.8 Å². The zero-order valence-electron chi connectivity index (χ0n) is 12.5. The van der Waals surface area contributed by atoms with Crippen LogP contribution in [0.3, 0.4) is 0 Å². The fraction of sp³-hybridized carbons (Fsp3) is 0.714. The van der Waals surface area contributed by atoms with E-state index in [1.807, 2.05) is 6.26 Å². The lowest BCUT2D eigenvalue weighted by Crippen LogP contribution is -2.33. The topological polar surface area (TPSA) is 84.4 Å². The van der Waals surface area contributed by atoms with Crippen LogP contribution in [0.25, 0.3) is 0 Å². The number of carbonyl (C=O) groups is 1. The number of aromatic nitrogens is 1. The highest BCUT2D eigenvalue weighted by Crippen LogP contribution is 2.15. The Balaban J connectivity index is 1.75. The molecule has 6 nitrogen and oxygen atoms in total. The van der Waals surface area contributed by atoms with Crippen LogP contribution in [-0.2, 0) is 0 Å². The summed E-state index contributed by atoms with van der Waals surface area (Å²) in [5.41, 5.74) is 6.28. The van der Waals surface area contributed by atoms with Crippen molar-refractivity contribution < 1.29 is 9.21 Å². The fourth-order valence-electron chi connectivity index (χ4n) is 2.35. The van der Waals surface area contributed by atoms with Gasteiger partial charge in [0.1, 0.15) is 6.26 Å². The van der Waals surface area contributed by atoms with Crippen LogP contribution in [0, 0.1) is 0 Å². The molecule has 118 valence electrons. The van der Waals surface area contributed by atoms with E-state index < -0.39 is 0 Å². The van der Waals surface area contributed by atoms with Gasteiger partial charge in [0.05, 0.1) is 6.04 Å². The Hall–Kier alpha value is -1.05. The van der Waals surface area contributed by atoms with Crippen molar-refractivity contribution in [3.05, 3.63) is 17.8 Å². The number of hydrogen-bond donors (Lipinski definition) is 2. The van der Waals surface area contributed by atoms with Crippen LogP contribution in [0.15, 0.2) is 10.7 Å². The second-order valence-electron chi connectivity index (χ2n) is 5.26. The van der Waals surface area contributed by atoms with Gasteiger partial charge in [-0.15, -0.1) is 0 Å². The van der Waals surface area contributed by atoms with Gasteiger partial charge in [0.2, 0.25) is 5.89 Å². The molecule has 2 heterocycles. The predicted molar refractivity (Wildman–Crippen MR) is 84.4 cm³/mol. The van der Waals surface area contributed by atoms with Crippen molar-refractivity contribution in [1.29, 1.82) is 0 Å². The van der Waals surface area contributed by atoms with Crippen molar-refractivity contribution in [2.24, 2.45) is 5.73 Å². The molecule has 21 heavy (non-hydrogen) atoms. The highest BCUT2D eigenvalue weighted by Gasteiger charge is 2.17. The standard InChI is InChI=1S/C14H24N4O2S/c1-21-9-4-11(15)14-17-12(10-20-14)13(19)16-5-8-18-6-2-3-7-18/h10-11H,2-9,15H2,1H3,(H,16,19). The summed E-state index contributed by atoms with van der Waals surface area (Å²) in [4.78, 5) is 18.5. The van der Waals surface area contributed by atoms with Crippen molar-refractivity contribution >= 4 is 17.7 Å². The third-order valence-corrected chi connectivity index (χ3v) is 4.26. The van der Waals surface area contributed by atoms with E-state index in [1.54, 1.807) is 11.8 Å². The van der Waals surface area contributed by atoms with Crippen LogP contribution >= 0.6 is 11.8 Å². The number of hydrogen-bond acceptors (Lipinski definition) is 6. The van der Waals surface area contributed by atoms with Gasteiger partial charge in [-0.05, 0) is 44.4 Å². The van der Waals surface area contributed by atoms with Gasteiger partial charge >= 0.3 is 0 Å². The molecule has 0 aliphatic carbocycles. The van der Waals surface area contributed by atoms with Gasteiger partial charge in [0.25, 0.3) is 5.91 Å². The molecule has 1 aliphatic rings. The van der Waals surface area contributed by atoms with Crippen molar-refractivity contribution in [2.75, 3.05) is 38.2 Å². The Bertz CT molecular complexity index is 446. The molecule has 0 saturated carbocycles. The molecular formula is C14H24N4O2S. The molecule has 1 fully saturated rings. The minimum Gasteiger partial charge on any atom is -0.446 e. The summed E-state index contributed by atoms with van der Waals surface area (Å²) in [5, 5.41) is 2.87. The molecule has 3 N–H and O–H groups in total. The van der Waals surface area contributed by atoms with Gasteiger partial charge in [-0.3, -0.25) is 4.79 Å². The SMILES string of the molecule is CSCCC(N)c1nc(C(=O)NCCN2CCCC2)co1. The summed E-state index contributed by atoms with van der Waals surface area (Å²) in [6, 6.07) is -0.247. The smallest absolute Gasteiger partial charge is 0.273 e. The van der Waals surface area contributed by atoms with Gasteiger partial charge < -0.3 is 20.4 Å². The number of nitrogens with one attached hydrogen (secondary N) is 1. The highest BCUT2D eigenvalue weighted by atomic mass is 32.2. The van der Waals surface area contributed by atoms with Gasteiger partial charge in [-0.25, -0.2) is 4.98 Å². The summed E-state index contributed by atoms with van der Waals surface area (Å²) in [7, 11) is 0. The van der Waals surface area contributed by atoms with E-state index >= 15 is 0 Å². The summed E-state index contributed by atoms with van der Waals surface area (Å²) >= 11 is 1.73. The fourth-order valence-corrected chi connectivity index (χ4v) is 2.84. The van der Waals surface area contributed by atoms with E-state index in [1.165, 1.54) is 19.1 Å². The number of nitrogens with two attached hydrogens (primary N) is 1. The van der Waals surface area contributed by atoms with Crippen LogP contribution in [-0.4, -0.2) is 54.0 Å². The van der Waals surface area contributed by atoms with Crippen LogP contribution < -0.4 is 11.1 Å². The maximum Gasteiger partial charge on any atom is 0.273 e. The number of nitrogens with zero attached hydrogens (tertiary/aromatic N) is 2. The van der Waals surface area contributed by atoms with Gasteiger partial charge in [0.15, 0.2) is 5.69 Å². The predicted octanol–water partition coefficient (Wildman–Crippen LogP) is 1.25. The molecule has 1 aromatic heterocycles. The molecule has 2 rings (SSSR count). The van der Waals surface area contributed by atoms with Crippen molar-refractivity contribution in [3.8, 4) is 0 Å². The Morgan fingerprint density at radius 2 is 2.33 bits per heavy atom. The Morgan fingerprint density at radius 1 is 1.57 bits per heavy atom. The molecule has 7 heteroatoms. The van der Waals surface area contributed by atoms with Crippen LogP contribution in [0.2, 0.25) is 0 Å². The minimum atomic E-state index is -0.247. The average molecular weight is 312 g/mol. The molecule has 1 amide bonds. The first kappa shape index (κ1) is 16.3. The summed E-state index contributed by atoms with van der Waals surface area (Å²) < 4.78 is 5.31. The normalized spacial score (nSPS) is 17.0. The van der Waals surface area contributed by atoms with E-state index in [4.69, 9.17) is 10.2 Å². The van der Waals surface area contributed by atoms with Crippen LogP contribution in [0.1, 0.15) is 41.7 Å². The first-order valence-corrected chi connectivity index (χ1v) is 8.80. The first-order chi connectivity index (χ1) is 10.2. The largest absolute Gasteiger partial charge is 0.446 e. The lowest BCUT2D eigenvalue weighted by Gasteiger charge is -2.14. The molecule has 1 saturated heterocycles. The van der Waals surface area contributed by atoms with E-state index in [2.05, 4.69) is 15.2 Å². The number of amides is 1. The zero-order chi connectivity index (χ0) is 15.1. The molecule has 0 radical (unpaired) electrons. The quantitative estimate of drug-likeness (QED) is 0.751. The number of carbonyl (C=O) groups excluding carboxylic acids is 1. The van der Waals surface area contributed by atoms with E-state index in [0.717, 1.165) is 31.8 Å². The molecule has 0 bridgehead atoms. The molecule has 1 unspecified atom stereocenters. The summed E-state index contributed by atoms with van der Waals surface area (Å²) in [6.45, 7) is 3.80. The number of rotatable bonds is 8. The molecule has 0 aromatic carbocycles. The summed E-state index contributed by atoms with van der Waals surface area (Å²) in [6.07, 6.45) is 6.72. The molecule has 1 atom stereocenters. The first-order valence-electron chi connectivity index (χ1n) is 7.41. The Labute approximate surface area is 129 Å². The maximum atomic E-state index is 12.0. The van der Waals surface area contributed by atoms with E-state index in [-0.39, 0.29) is 11.9 Å². The lowest BCUT2D eigenvalue weighted by atomic mass is 10.2. The van der Waals surface area contributed by atoms with E-state index in [9.17, 15) is 4.79 Å². The molecule has 1 aliphatic heterocycles. The third kappa shape index (κ3) is 5.01. The number of oxazole rings is 1. The highest BCUT2D eigenvalue weighted by molar-refractivity contribution is 7.98. The van der Waals surface area contributed by atoms with Gasteiger partial charge in [-0.1, -0.05) is 0 Å². The second kappa shape index (κ2) is 8.41. The Morgan fingerprint density at radius 3 is 3.05 bits per heavy atom. The summed E-state index contributed by atoms with van der Waals surface area (Å²) in [5.74, 6) is 1.19. The molecule has 1 aromatic rings. The van der Waals surface area contributed by atoms with Crippen LogP contribution in [0.5, 0.6) is 0 Å². The zero-order valence-corrected chi connectivity index (χ0v) is 13.3. The number of likely N-dealkylation sites (tertiary alicyclic amines) is 1. The average Bonchev–Trinajstić information content (AvgIpc) is 3.15. The second-order valence-corrected chi connectivity index (χ2v) is 6.25. The van der Waals surface area contributed by atoms with Crippen molar-refractivity contribution in [3.63, 3.8) is 0 Å². The van der Waals surface area contributed by atoms with Crippen LogP contribution in [0.4, 0.5) is 0 Å². The molecule has 0 spiro atoms. The number of thioether (sulfide) groups is 1. The third-order valence-electron chi connectivity index (χ3n) is 3.62. The van der Waals surface area contributed by atoms with Crippen molar-refractivity contribution in [1.82, 2.24) is 15.2 Å². The lowest BCUT2D eigenvalue weighted by molar-refractivity contribution is 0.0944. The monoisotopic (exact) mass is 312 g/mol. The maximum absolute atomic E-state index is 12.0. The van der Waals surface area contributed by atoms with Gasteiger partial charge in [0, 0.05) is 13.1 Å².